The van der Waals surface area contributed by atoms with Crippen LogP contribution in [0.4, 0.5) is 0 Å². The van der Waals surface area contributed by atoms with E-state index in [9.17, 15) is 0 Å². The fourth-order valence-electron chi connectivity index (χ4n) is 1.46. The number of hydrogen-bond acceptors (Lipinski definition) is 3. The summed E-state index contributed by atoms with van der Waals surface area (Å²) in [5.41, 5.74) is 2.11. The van der Waals surface area contributed by atoms with Crippen molar-refractivity contribution in [2.45, 2.75) is 19.8 Å². The lowest BCUT2D eigenvalue weighted by Crippen LogP contribution is -2.00. The summed E-state index contributed by atoms with van der Waals surface area (Å²) in [6.45, 7) is 2.05. The maximum absolute atomic E-state index is 5.93. The number of nitrogens with zero attached hydrogens (tertiary/aromatic N) is 3. The van der Waals surface area contributed by atoms with Crippen LogP contribution in [0.1, 0.15) is 24.0 Å². The lowest BCUT2D eigenvalue weighted by Gasteiger charge is -2.03. The van der Waals surface area contributed by atoms with Crippen LogP contribution < -0.4 is 0 Å². The molecule has 82 valence electrons. The number of pyridine rings is 1. The fourth-order valence-corrected chi connectivity index (χ4v) is 1.68. The van der Waals surface area contributed by atoms with Crippen LogP contribution in [0.25, 0.3) is 0 Å². The lowest BCUT2D eigenvalue weighted by molar-refractivity contribution is 0.904. The molecule has 4 heteroatoms. The van der Waals surface area contributed by atoms with Crippen LogP contribution in [0, 0.1) is 0 Å². The van der Waals surface area contributed by atoms with Crippen molar-refractivity contribution in [3.63, 3.8) is 0 Å². The third-order valence-corrected chi connectivity index (χ3v) is 2.46. The van der Waals surface area contributed by atoms with Gasteiger partial charge >= 0.3 is 0 Å². The first-order valence-electron chi connectivity index (χ1n) is 5.19. The highest BCUT2D eigenvalue weighted by molar-refractivity contribution is 6.29. The summed E-state index contributed by atoms with van der Waals surface area (Å²) in [5.74, 6) is 0.760. The van der Waals surface area contributed by atoms with Gasteiger partial charge in [-0.25, -0.2) is 9.97 Å². The van der Waals surface area contributed by atoms with Gasteiger partial charge in [0.2, 0.25) is 0 Å². The highest BCUT2D eigenvalue weighted by Crippen LogP contribution is 2.11. The molecule has 0 fully saturated rings. The molecule has 0 amide bonds. The Labute approximate surface area is 99.5 Å². The van der Waals surface area contributed by atoms with Gasteiger partial charge in [-0.3, -0.25) is 4.98 Å². The summed E-state index contributed by atoms with van der Waals surface area (Å²) < 4.78 is 0. The van der Waals surface area contributed by atoms with Crippen molar-refractivity contribution in [3.8, 4) is 0 Å². The predicted molar refractivity (Wildman–Crippen MR) is 63.5 cm³/mol. The lowest BCUT2D eigenvalue weighted by atomic mass is 10.2. The highest BCUT2D eigenvalue weighted by Gasteiger charge is 2.03. The summed E-state index contributed by atoms with van der Waals surface area (Å²) >= 11 is 5.93. The molecule has 0 aliphatic heterocycles. The first-order valence-corrected chi connectivity index (χ1v) is 5.57. The van der Waals surface area contributed by atoms with Crippen molar-refractivity contribution in [1.82, 2.24) is 15.0 Å². The van der Waals surface area contributed by atoms with E-state index in [0.717, 1.165) is 23.5 Å². The third kappa shape index (κ3) is 2.76. The van der Waals surface area contributed by atoms with E-state index in [4.69, 9.17) is 11.6 Å². The molecule has 0 aromatic carbocycles. The van der Waals surface area contributed by atoms with Gasteiger partial charge in [-0.05, 0) is 30.2 Å². The Kier molecular flexibility index (Phi) is 3.47. The van der Waals surface area contributed by atoms with Gasteiger partial charge in [0.05, 0.1) is 0 Å². The van der Waals surface area contributed by atoms with Crippen LogP contribution in [0.3, 0.4) is 0 Å². The van der Waals surface area contributed by atoms with Crippen molar-refractivity contribution in [2.24, 2.45) is 0 Å². The fraction of sp³-hybridized carbons (Fsp3) is 0.250. The first kappa shape index (κ1) is 11.0. The minimum absolute atomic E-state index is 0.510. The van der Waals surface area contributed by atoms with Crippen LogP contribution in [-0.4, -0.2) is 15.0 Å². The monoisotopic (exact) mass is 233 g/mol. The molecular formula is C12H12ClN3. The first-order chi connectivity index (χ1) is 7.78. The summed E-state index contributed by atoms with van der Waals surface area (Å²) in [6, 6.07) is 5.71. The zero-order valence-corrected chi connectivity index (χ0v) is 9.78. The molecule has 0 saturated carbocycles. The largest absolute Gasteiger partial charge is 0.265 e. The second kappa shape index (κ2) is 5.03. The van der Waals surface area contributed by atoms with Crippen LogP contribution in [0.2, 0.25) is 5.15 Å². The van der Waals surface area contributed by atoms with E-state index in [-0.39, 0.29) is 0 Å². The van der Waals surface area contributed by atoms with E-state index in [1.165, 1.54) is 0 Å². The quantitative estimate of drug-likeness (QED) is 0.766. The number of halogens is 1. The summed E-state index contributed by atoms with van der Waals surface area (Å²) in [6.07, 6.45) is 5.09. The smallest absolute Gasteiger partial charge is 0.134 e. The Hall–Kier alpha value is -1.48. The van der Waals surface area contributed by atoms with E-state index in [0.29, 0.717) is 11.6 Å². The zero-order chi connectivity index (χ0) is 11.4. The molecule has 0 N–H and O–H groups in total. The highest BCUT2D eigenvalue weighted by atomic mass is 35.5. The Balaban J connectivity index is 2.24. The number of aromatic nitrogens is 3. The predicted octanol–water partition coefficient (Wildman–Crippen LogP) is 2.68. The maximum Gasteiger partial charge on any atom is 0.134 e. The number of aryl methyl sites for hydroxylation is 1. The Bertz CT molecular complexity index is 471. The Morgan fingerprint density at radius 2 is 1.94 bits per heavy atom. The van der Waals surface area contributed by atoms with Gasteiger partial charge in [0.25, 0.3) is 0 Å². The normalized spacial score (nSPS) is 10.4. The van der Waals surface area contributed by atoms with Gasteiger partial charge in [-0.2, -0.15) is 0 Å². The Morgan fingerprint density at radius 3 is 2.62 bits per heavy atom. The third-order valence-electron chi connectivity index (χ3n) is 2.27. The Morgan fingerprint density at radius 1 is 1.19 bits per heavy atom. The maximum atomic E-state index is 5.93. The van der Waals surface area contributed by atoms with Crippen molar-refractivity contribution >= 4 is 11.6 Å². The van der Waals surface area contributed by atoms with Crippen molar-refractivity contribution < 1.29 is 0 Å². The molecule has 16 heavy (non-hydrogen) atoms. The molecule has 0 radical (unpaired) electrons. The van der Waals surface area contributed by atoms with Crippen LogP contribution in [0.5, 0.6) is 0 Å². The second-order valence-corrected chi connectivity index (χ2v) is 3.87. The van der Waals surface area contributed by atoms with Gasteiger partial charge in [0.15, 0.2) is 0 Å². The molecule has 0 spiro atoms. The van der Waals surface area contributed by atoms with Gasteiger partial charge < -0.3 is 0 Å². The summed E-state index contributed by atoms with van der Waals surface area (Å²) in [7, 11) is 0. The molecular weight excluding hydrogens is 222 g/mol. The van der Waals surface area contributed by atoms with Crippen LogP contribution in [0.15, 0.2) is 30.6 Å². The number of rotatable bonds is 3. The average molecular weight is 234 g/mol. The second-order valence-electron chi connectivity index (χ2n) is 3.48. The SMILES string of the molecule is CCc1cc(Cl)nc(Cc2ccncc2)n1. The van der Waals surface area contributed by atoms with Gasteiger partial charge in [0.1, 0.15) is 11.0 Å². The van der Waals surface area contributed by atoms with Gasteiger partial charge in [-0.1, -0.05) is 18.5 Å². The molecule has 0 saturated heterocycles. The topological polar surface area (TPSA) is 38.7 Å². The van der Waals surface area contributed by atoms with Crippen molar-refractivity contribution in [1.29, 1.82) is 0 Å². The van der Waals surface area contributed by atoms with E-state index in [1.807, 2.05) is 12.1 Å². The standard InChI is InChI=1S/C12H12ClN3/c1-2-10-8-11(13)16-12(15-10)7-9-3-5-14-6-4-9/h3-6,8H,2,7H2,1H3. The van der Waals surface area contributed by atoms with Crippen molar-refractivity contribution in [2.75, 3.05) is 0 Å². The van der Waals surface area contributed by atoms with Gasteiger partial charge in [-0.15, -0.1) is 0 Å². The molecule has 0 aliphatic rings. The number of hydrogen-bond donors (Lipinski definition) is 0. The summed E-state index contributed by atoms with van der Waals surface area (Å²) in [5, 5.41) is 0.510. The molecule has 0 aliphatic carbocycles. The molecule has 3 nitrogen and oxygen atoms in total. The van der Waals surface area contributed by atoms with Crippen LogP contribution in [-0.2, 0) is 12.8 Å². The van der Waals surface area contributed by atoms with Crippen molar-refractivity contribution in [3.05, 3.63) is 52.8 Å². The van der Waals surface area contributed by atoms with E-state index < -0.39 is 0 Å². The zero-order valence-electron chi connectivity index (χ0n) is 9.02. The molecule has 0 atom stereocenters. The molecule has 2 aromatic heterocycles. The minimum atomic E-state index is 0.510. The minimum Gasteiger partial charge on any atom is -0.265 e. The van der Waals surface area contributed by atoms with Crippen LogP contribution >= 0.6 is 11.6 Å². The van der Waals surface area contributed by atoms with E-state index in [2.05, 4.69) is 21.9 Å². The molecule has 2 heterocycles. The molecule has 0 bridgehead atoms. The molecule has 0 unspecified atom stereocenters. The average Bonchev–Trinajstić information content (AvgIpc) is 2.29. The van der Waals surface area contributed by atoms with Gasteiger partial charge in [0, 0.05) is 24.5 Å². The summed E-state index contributed by atoms with van der Waals surface area (Å²) in [4.78, 5) is 12.6. The molecule has 2 rings (SSSR count). The molecule has 2 aromatic rings. The van der Waals surface area contributed by atoms with E-state index >= 15 is 0 Å². The van der Waals surface area contributed by atoms with E-state index in [1.54, 1.807) is 18.5 Å².